The smallest absolute Gasteiger partial charge is 0.309 e. The molecule has 0 aromatic rings. The number of ether oxygens (including phenoxy) is 1. The van der Waals surface area contributed by atoms with Gasteiger partial charge in [-0.15, -0.1) is 0 Å². The Balaban J connectivity index is 2.62. The number of aliphatic carboxylic acids is 1. The number of carboxylic acid groups (broad SMARTS) is 1. The van der Waals surface area contributed by atoms with E-state index in [1.54, 1.807) is 0 Å². The largest absolute Gasteiger partial charge is 0.481 e. The summed E-state index contributed by atoms with van der Waals surface area (Å²) in [5.41, 5.74) is 0. The zero-order valence-corrected chi connectivity index (χ0v) is 6.95. The molecule has 4 nitrogen and oxygen atoms in total. The lowest BCUT2D eigenvalue weighted by Gasteiger charge is -2.25. The van der Waals surface area contributed by atoms with Crippen LogP contribution in [0.25, 0.3) is 0 Å². The third kappa shape index (κ3) is 1.82. The lowest BCUT2D eigenvalue weighted by Crippen LogP contribution is -2.36. The van der Waals surface area contributed by atoms with Crippen molar-refractivity contribution in [1.82, 2.24) is 0 Å². The molecule has 2 atom stereocenters. The van der Waals surface area contributed by atoms with E-state index in [1.165, 1.54) is 7.11 Å². The highest BCUT2D eigenvalue weighted by Crippen LogP contribution is 2.24. The third-order valence-electron chi connectivity index (χ3n) is 2.23. The van der Waals surface area contributed by atoms with Gasteiger partial charge in [0.1, 0.15) is 5.78 Å². The molecule has 4 heteroatoms. The molecule has 1 rings (SSSR count). The average molecular weight is 172 g/mol. The molecule has 0 amide bonds. The second kappa shape index (κ2) is 3.67. The highest BCUT2D eigenvalue weighted by molar-refractivity contribution is 5.83. The van der Waals surface area contributed by atoms with Crippen molar-refractivity contribution in [2.75, 3.05) is 7.11 Å². The minimum absolute atomic E-state index is 0.0966. The quantitative estimate of drug-likeness (QED) is 0.657. The van der Waals surface area contributed by atoms with Gasteiger partial charge in [-0.2, -0.15) is 0 Å². The van der Waals surface area contributed by atoms with Crippen LogP contribution in [0.3, 0.4) is 0 Å². The van der Waals surface area contributed by atoms with Gasteiger partial charge in [-0.05, 0) is 6.42 Å². The van der Waals surface area contributed by atoms with Crippen molar-refractivity contribution in [3.05, 3.63) is 0 Å². The minimum Gasteiger partial charge on any atom is -0.481 e. The van der Waals surface area contributed by atoms with E-state index >= 15 is 0 Å². The maximum absolute atomic E-state index is 10.9. The Morgan fingerprint density at radius 1 is 1.67 bits per heavy atom. The molecule has 0 unspecified atom stereocenters. The third-order valence-corrected chi connectivity index (χ3v) is 2.23. The van der Waals surface area contributed by atoms with E-state index in [0.29, 0.717) is 12.8 Å². The van der Waals surface area contributed by atoms with Gasteiger partial charge in [0.2, 0.25) is 0 Å². The van der Waals surface area contributed by atoms with Crippen molar-refractivity contribution >= 4 is 11.8 Å². The summed E-state index contributed by atoms with van der Waals surface area (Å²) in [5.74, 6) is -1.28. The van der Waals surface area contributed by atoms with Crippen molar-refractivity contribution in [2.45, 2.75) is 25.4 Å². The second-order valence-electron chi connectivity index (χ2n) is 3.00. The fourth-order valence-electron chi connectivity index (χ4n) is 1.50. The molecule has 1 aliphatic rings. The summed E-state index contributed by atoms with van der Waals surface area (Å²) in [6.45, 7) is 0. The van der Waals surface area contributed by atoms with Crippen molar-refractivity contribution < 1.29 is 19.4 Å². The van der Waals surface area contributed by atoms with E-state index in [9.17, 15) is 9.59 Å². The first-order chi connectivity index (χ1) is 5.65. The van der Waals surface area contributed by atoms with Crippen LogP contribution in [0.5, 0.6) is 0 Å². The van der Waals surface area contributed by atoms with Gasteiger partial charge in [0.05, 0.1) is 12.0 Å². The molecule has 1 fully saturated rings. The maximum atomic E-state index is 10.9. The molecule has 0 bridgehead atoms. The topological polar surface area (TPSA) is 63.6 Å². The fraction of sp³-hybridized carbons (Fsp3) is 0.750. The number of hydrogen-bond donors (Lipinski definition) is 1. The molecule has 0 saturated heterocycles. The number of carboxylic acids is 1. The molecule has 0 aromatic carbocycles. The number of carbonyl (C=O) groups excluding carboxylic acids is 1. The second-order valence-corrected chi connectivity index (χ2v) is 3.00. The number of ketones is 1. The predicted molar refractivity (Wildman–Crippen MR) is 40.8 cm³/mol. The molecule has 0 radical (unpaired) electrons. The SMILES string of the molecule is CO[C@@H]1CC(=O)CC[C@@H]1C(=O)O. The summed E-state index contributed by atoms with van der Waals surface area (Å²) in [6, 6.07) is 0. The lowest BCUT2D eigenvalue weighted by atomic mass is 9.86. The van der Waals surface area contributed by atoms with Crippen LogP contribution in [0.4, 0.5) is 0 Å². The predicted octanol–water partition coefficient (Wildman–Crippen LogP) is 0.455. The highest BCUT2D eigenvalue weighted by atomic mass is 16.5. The van der Waals surface area contributed by atoms with Crippen LogP contribution in [0, 0.1) is 5.92 Å². The molecule has 0 heterocycles. The van der Waals surface area contributed by atoms with Crippen LogP contribution in [0.2, 0.25) is 0 Å². The van der Waals surface area contributed by atoms with E-state index < -0.39 is 18.0 Å². The normalized spacial score (nSPS) is 30.2. The summed E-state index contributed by atoms with van der Waals surface area (Å²) < 4.78 is 4.93. The molecule has 12 heavy (non-hydrogen) atoms. The van der Waals surface area contributed by atoms with E-state index in [-0.39, 0.29) is 12.2 Å². The Morgan fingerprint density at radius 3 is 2.83 bits per heavy atom. The summed E-state index contributed by atoms with van der Waals surface area (Å²) in [4.78, 5) is 21.6. The van der Waals surface area contributed by atoms with Crippen molar-refractivity contribution in [2.24, 2.45) is 5.92 Å². The summed E-state index contributed by atoms with van der Waals surface area (Å²) >= 11 is 0. The van der Waals surface area contributed by atoms with Gasteiger partial charge in [-0.3, -0.25) is 9.59 Å². The lowest BCUT2D eigenvalue weighted by molar-refractivity contribution is -0.150. The van der Waals surface area contributed by atoms with Crippen LogP contribution in [-0.2, 0) is 14.3 Å². The molecule has 1 saturated carbocycles. The minimum atomic E-state index is -0.866. The Bertz CT molecular complexity index is 199. The van der Waals surface area contributed by atoms with Gasteiger partial charge in [0, 0.05) is 20.0 Å². The monoisotopic (exact) mass is 172 g/mol. The first-order valence-corrected chi connectivity index (χ1v) is 3.92. The Kier molecular flexibility index (Phi) is 2.81. The number of carbonyl (C=O) groups is 2. The van der Waals surface area contributed by atoms with Gasteiger partial charge in [0.25, 0.3) is 0 Å². The van der Waals surface area contributed by atoms with Gasteiger partial charge in [0.15, 0.2) is 0 Å². The van der Waals surface area contributed by atoms with Crippen LogP contribution in [-0.4, -0.2) is 30.1 Å². The molecule has 0 aromatic heterocycles. The Labute approximate surface area is 70.5 Å². The first kappa shape index (κ1) is 9.19. The molecule has 0 aliphatic heterocycles. The van der Waals surface area contributed by atoms with Crippen LogP contribution >= 0.6 is 0 Å². The zero-order chi connectivity index (χ0) is 9.14. The number of methoxy groups -OCH3 is 1. The average Bonchev–Trinajstić information content (AvgIpc) is 2.03. The fourth-order valence-corrected chi connectivity index (χ4v) is 1.50. The van der Waals surface area contributed by atoms with Crippen molar-refractivity contribution in [1.29, 1.82) is 0 Å². The van der Waals surface area contributed by atoms with Crippen LogP contribution < -0.4 is 0 Å². The summed E-state index contributed by atoms with van der Waals surface area (Å²) in [7, 11) is 1.44. The first-order valence-electron chi connectivity index (χ1n) is 3.92. The Morgan fingerprint density at radius 2 is 2.33 bits per heavy atom. The maximum Gasteiger partial charge on any atom is 0.309 e. The van der Waals surface area contributed by atoms with E-state index in [4.69, 9.17) is 9.84 Å². The van der Waals surface area contributed by atoms with E-state index in [2.05, 4.69) is 0 Å². The molecule has 68 valence electrons. The molecule has 1 aliphatic carbocycles. The van der Waals surface area contributed by atoms with Crippen LogP contribution in [0.1, 0.15) is 19.3 Å². The summed E-state index contributed by atoms with van der Waals surface area (Å²) in [6.07, 6.45) is 0.598. The highest BCUT2D eigenvalue weighted by Gasteiger charge is 2.34. The number of Topliss-reactive ketones (excluding diaryl/α,β-unsaturated/α-hetero) is 1. The molecule has 1 N–H and O–H groups in total. The van der Waals surface area contributed by atoms with Crippen molar-refractivity contribution in [3.8, 4) is 0 Å². The van der Waals surface area contributed by atoms with Crippen molar-refractivity contribution in [3.63, 3.8) is 0 Å². The molecule has 0 spiro atoms. The Hall–Kier alpha value is -0.900. The zero-order valence-electron chi connectivity index (χ0n) is 6.95. The number of hydrogen-bond acceptors (Lipinski definition) is 3. The molecular formula is C8H12O4. The van der Waals surface area contributed by atoms with Gasteiger partial charge < -0.3 is 9.84 Å². The van der Waals surface area contributed by atoms with Gasteiger partial charge in [-0.1, -0.05) is 0 Å². The van der Waals surface area contributed by atoms with Gasteiger partial charge >= 0.3 is 5.97 Å². The standard InChI is InChI=1S/C8H12O4/c1-12-7-4-5(9)2-3-6(7)8(10)11/h6-7H,2-4H2,1H3,(H,10,11)/t6-,7+/m0/s1. The van der Waals surface area contributed by atoms with E-state index in [1.807, 2.05) is 0 Å². The van der Waals surface area contributed by atoms with Gasteiger partial charge in [-0.25, -0.2) is 0 Å². The van der Waals surface area contributed by atoms with Crippen LogP contribution in [0.15, 0.2) is 0 Å². The van der Waals surface area contributed by atoms with E-state index in [0.717, 1.165) is 0 Å². The molecular weight excluding hydrogens is 160 g/mol. The summed E-state index contributed by atoms with van der Waals surface area (Å²) in [5, 5.41) is 8.73. The number of rotatable bonds is 2.